The number of carbonyl (C=O) groups is 1. The van der Waals surface area contributed by atoms with Gasteiger partial charge in [0.2, 0.25) is 0 Å². The SMILES string of the molecule is C[C@@H](Oc1ccc(Cl)cc1Cl)C(=O)Nc1ccc(Cl)cc1Cl. The molecule has 2 aromatic carbocycles. The highest BCUT2D eigenvalue weighted by atomic mass is 35.5. The second-order valence-electron chi connectivity index (χ2n) is 4.45. The van der Waals surface area contributed by atoms with Gasteiger partial charge in [-0.25, -0.2) is 0 Å². The number of anilines is 1. The molecule has 0 saturated carbocycles. The van der Waals surface area contributed by atoms with Crippen molar-refractivity contribution in [2.45, 2.75) is 13.0 Å². The normalized spacial score (nSPS) is 11.9. The van der Waals surface area contributed by atoms with Crippen LogP contribution in [0.1, 0.15) is 6.92 Å². The Morgan fingerprint density at radius 2 is 1.59 bits per heavy atom. The molecule has 0 heterocycles. The van der Waals surface area contributed by atoms with Gasteiger partial charge in [0.05, 0.1) is 15.7 Å². The molecular weight excluding hydrogens is 368 g/mol. The molecule has 7 heteroatoms. The Morgan fingerprint density at radius 3 is 2.18 bits per heavy atom. The summed E-state index contributed by atoms with van der Waals surface area (Å²) in [6, 6.07) is 9.56. The van der Waals surface area contributed by atoms with Crippen LogP contribution < -0.4 is 10.1 Å². The minimum atomic E-state index is -0.773. The maximum absolute atomic E-state index is 12.1. The van der Waals surface area contributed by atoms with Gasteiger partial charge >= 0.3 is 0 Å². The van der Waals surface area contributed by atoms with Gasteiger partial charge in [0.15, 0.2) is 6.10 Å². The summed E-state index contributed by atoms with van der Waals surface area (Å²) in [5.41, 5.74) is 0.453. The summed E-state index contributed by atoms with van der Waals surface area (Å²) >= 11 is 23.6. The molecule has 0 unspecified atom stereocenters. The monoisotopic (exact) mass is 377 g/mol. The van der Waals surface area contributed by atoms with Crippen LogP contribution in [0.4, 0.5) is 5.69 Å². The fraction of sp³-hybridized carbons (Fsp3) is 0.133. The van der Waals surface area contributed by atoms with E-state index in [0.29, 0.717) is 31.5 Å². The molecule has 1 atom stereocenters. The molecule has 0 spiro atoms. The van der Waals surface area contributed by atoms with E-state index in [-0.39, 0.29) is 5.91 Å². The quantitative estimate of drug-likeness (QED) is 0.740. The zero-order valence-corrected chi connectivity index (χ0v) is 14.4. The Hall–Kier alpha value is -1.13. The van der Waals surface area contributed by atoms with E-state index in [1.165, 1.54) is 0 Å². The number of hydrogen-bond acceptors (Lipinski definition) is 2. The lowest BCUT2D eigenvalue weighted by Gasteiger charge is -2.16. The second-order valence-corrected chi connectivity index (χ2v) is 6.14. The highest BCUT2D eigenvalue weighted by Gasteiger charge is 2.17. The van der Waals surface area contributed by atoms with Gasteiger partial charge in [-0.2, -0.15) is 0 Å². The number of carbonyl (C=O) groups excluding carboxylic acids is 1. The molecule has 0 aromatic heterocycles. The van der Waals surface area contributed by atoms with Crippen LogP contribution >= 0.6 is 46.4 Å². The Bertz CT molecular complexity index is 706. The highest BCUT2D eigenvalue weighted by molar-refractivity contribution is 6.37. The van der Waals surface area contributed by atoms with Crippen molar-refractivity contribution in [1.29, 1.82) is 0 Å². The summed E-state index contributed by atoms with van der Waals surface area (Å²) in [6.07, 6.45) is -0.773. The molecule has 1 N–H and O–H groups in total. The van der Waals surface area contributed by atoms with Gasteiger partial charge in [-0.15, -0.1) is 0 Å². The fourth-order valence-corrected chi connectivity index (χ4v) is 2.55. The third-order valence-electron chi connectivity index (χ3n) is 2.76. The first kappa shape index (κ1) is 17.2. The zero-order valence-electron chi connectivity index (χ0n) is 11.4. The van der Waals surface area contributed by atoms with E-state index in [2.05, 4.69) is 5.32 Å². The number of halogens is 4. The van der Waals surface area contributed by atoms with E-state index in [4.69, 9.17) is 51.1 Å². The predicted molar refractivity (Wildman–Crippen MR) is 91.6 cm³/mol. The highest BCUT2D eigenvalue weighted by Crippen LogP contribution is 2.29. The average Bonchev–Trinajstić information content (AvgIpc) is 2.44. The van der Waals surface area contributed by atoms with Crippen LogP contribution in [-0.2, 0) is 4.79 Å². The van der Waals surface area contributed by atoms with Crippen LogP contribution in [0.15, 0.2) is 36.4 Å². The lowest BCUT2D eigenvalue weighted by atomic mass is 10.3. The van der Waals surface area contributed by atoms with Crippen molar-refractivity contribution in [3.05, 3.63) is 56.5 Å². The molecule has 1 amide bonds. The van der Waals surface area contributed by atoms with E-state index in [9.17, 15) is 4.79 Å². The number of rotatable bonds is 4. The molecule has 116 valence electrons. The Labute approximate surface area is 148 Å². The van der Waals surface area contributed by atoms with Crippen molar-refractivity contribution in [2.75, 3.05) is 5.32 Å². The molecule has 0 fully saturated rings. The first-order valence-corrected chi connectivity index (χ1v) is 7.75. The minimum absolute atomic E-state index is 0.330. The number of benzene rings is 2. The first-order chi connectivity index (χ1) is 10.4. The van der Waals surface area contributed by atoms with Crippen LogP contribution in [0.25, 0.3) is 0 Å². The molecule has 2 aromatic rings. The van der Waals surface area contributed by atoms with Gasteiger partial charge in [-0.3, -0.25) is 4.79 Å². The van der Waals surface area contributed by atoms with Crippen LogP contribution in [-0.4, -0.2) is 12.0 Å². The summed E-state index contributed by atoms with van der Waals surface area (Å²) in [6.45, 7) is 1.60. The molecule has 0 saturated heterocycles. The van der Waals surface area contributed by atoms with Crippen molar-refractivity contribution < 1.29 is 9.53 Å². The average molecular weight is 379 g/mol. The first-order valence-electron chi connectivity index (χ1n) is 6.24. The van der Waals surface area contributed by atoms with Gasteiger partial charge in [0.1, 0.15) is 5.75 Å². The third kappa shape index (κ3) is 4.43. The van der Waals surface area contributed by atoms with Crippen LogP contribution in [0.2, 0.25) is 20.1 Å². The third-order valence-corrected chi connectivity index (χ3v) is 3.83. The summed E-state index contributed by atoms with van der Waals surface area (Å²) in [7, 11) is 0. The molecule has 0 aliphatic heterocycles. The number of amides is 1. The Morgan fingerprint density at radius 1 is 1.00 bits per heavy atom. The molecule has 0 aliphatic carbocycles. The van der Waals surface area contributed by atoms with Gasteiger partial charge in [0.25, 0.3) is 5.91 Å². The molecule has 0 aliphatic rings. The predicted octanol–water partition coefficient (Wildman–Crippen LogP) is 5.71. The van der Waals surface area contributed by atoms with E-state index in [1.54, 1.807) is 43.3 Å². The number of ether oxygens (including phenoxy) is 1. The molecule has 0 bridgehead atoms. The van der Waals surface area contributed by atoms with E-state index >= 15 is 0 Å². The summed E-state index contributed by atoms with van der Waals surface area (Å²) in [5.74, 6) is 0.00570. The molecule has 2 rings (SSSR count). The van der Waals surface area contributed by atoms with Crippen molar-refractivity contribution in [3.8, 4) is 5.75 Å². The van der Waals surface area contributed by atoms with E-state index in [0.717, 1.165) is 0 Å². The minimum Gasteiger partial charge on any atom is -0.479 e. The summed E-state index contributed by atoms with van der Waals surface area (Å²) < 4.78 is 5.53. The maximum Gasteiger partial charge on any atom is 0.265 e. The lowest BCUT2D eigenvalue weighted by molar-refractivity contribution is -0.122. The maximum atomic E-state index is 12.1. The van der Waals surface area contributed by atoms with Crippen molar-refractivity contribution in [3.63, 3.8) is 0 Å². The standard InChI is InChI=1S/C15H11Cl4NO2/c1-8(22-14-5-3-10(17)7-12(14)19)15(21)20-13-4-2-9(16)6-11(13)18/h2-8H,1H3,(H,20,21)/t8-/m1/s1. The van der Waals surface area contributed by atoms with Crippen molar-refractivity contribution >= 4 is 58.0 Å². The largest absolute Gasteiger partial charge is 0.479 e. The van der Waals surface area contributed by atoms with Gasteiger partial charge in [-0.05, 0) is 43.3 Å². The van der Waals surface area contributed by atoms with Crippen LogP contribution in [0.3, 0.4) is 0 Å². The van der Waals surface area contributed by atoms with E-state index in [1.807, 2.05) is 0 Å². The van der Waals surface area contributed by atoms with Gasteiger partial charge in [0, 0.05) is 10.0 Å². The van der Waals surface area contributed by atoms with Crippen LogP contribution in [0.5, 0.6) is 5.75 Å². The van der Waals surface area contributed by atoms with Gasteiger partial charge < -0.3 is 10.1 Å². The molecular formula is C15H11Cl4NO2. The van der Waals surface area contributed by atoms with E-state index < -0.39 is 6.10 Å². The van der Waals surface area contributed by atoms with Crippen molar-refractivity contribution in [2.24, 2.45) is 0 Å². The fourth-order valence-electron chi connectivity index (χ4n) is 1.64. The Balaban J connectivity index is 2.05. The van der Waals surface area contributed by atoms with Crippen LogP contribution in [0, 0.1) is 0 Å². The summed E-state index contributed by atoms with van der Waals surface area (Å²) in [5, 5.41) is 4.31. The topological polar surface area (TPSA) is 38.3 Å². The van der Waals surface area contributed by atoms with Crippen molar-refractivity contribution in [1.82, 2.24) is 0 Å². The van der Waals surface area contributed by atoms with Gasteiger partial charge in [-0.1, -0.05) is 46.4 Å². The smallest absolute Gasteiger partial charge is 0.265 e. The molecule has 22 heavy (non-hydrogen) atoms. The number of nitrogens with one attached hydrogen (secondary N) is 1. The zero-order chi connectivity index (χ0) is 16.3. The molecule has 0 radical (unpaired) electrons. The molecule has 3 nitrogen and oxygen atoms in total. The summed E-state index contributed by atoms with van der Waals surface area (Å²) in [4.78, 5) is 12.1. The lowest BCUT2D eigenvalue weighted by Crippen LogP contribution is -2.30. The second kappa shape index (κ2) is 7.42. The number of hydrogen-bond donors (Lipinski definition) is 1. The Kier molecular flexibility index (Phi) is 5.81.